The molecule has 1 N–H and O–H groups in total. The largest absolute Gasteiger partial charge is 0.478 e. The van der Waals surface area contributed by atoms with Gasteiger partial charge in [0.05, 0.1) is 24.2 Å². The Kier molecular flexibility index (Phi) is 2.71. The van der Waals surface area contributed by atoms with Crippen LogP contribution in [0.25, 0.3) is 11.0 Å². The van der Waals surface area contributed by atoms with E-state index in [4.69, 9.17) is 5.11 Å². The maximum atomic E-state index is 11.1. The summed E-state index contributed by atoms with van der Waals surface area (Å²) in [6, 6.07) is 6.88. The lowest BCUT2D eigenvalue weighted by Crippen LogP contribution is -2.09. The fourth-order valence-electron chi connectivity index (χ4n) is 1.96. The molecule has 0 spiro atoms. The lowest BCUT2D eigenvalue weighted by molar-refractivity contribution is 0.0699. The number of benzene rings is 1. The molecule has 7 nitrogen and oxygen atoms in total. The summed E-state index contributed by atoms with van der Waals surface area (Å²) < 4.78 is 3.47. The molecule has 0 radical (unpaired) electrons. The van der Waals surface area contributed by atoms with E-state index >= 15 is 0 Å². The Morgan fingerprint density at radius 2 is 2.16 bits per heavy atom. The molecule has 0 aliphatic carbocycles. The number of aromatic carboxylic acids is 1. The molecule has 0 fully saturated rings. The predicted octanol–water partition coefficient (Wildman–Crippen LogP) is 1.03. The van der Waals surface area contributed by atoms with E-state index in [0.29, 0.717) is 24.1 Å². The van der Waals surface area contributed by atoms with Crippen molar-refractivity contribution in [3.63, 3.8) is 0 Å². The van der Waals surface area contributed by atoms with Crippen molar-refractivity contribution in [3.8, 4) is 0 Å². The molecule has 3 aromatic rings. The summed E-state index contributed by atoms with van der Waals surface area (Å²) in [6.45, 7) is 1.24. The van der Waals surface area contributed by atoms with Crippen LogP contribution in [0.15, 0.2) is 36.7 Å². The van der Waals surface area contributed by atoms with Crippen LogP contribution in [-0.4, -0.2) is 35.9 Å². The zero-order valence-corrected chi connectivity index (χ0v) is 9.97. The van der Waals surface area contributed by atoms with E-state index < -0.39 is 5.97 Å². The van der Waals surface area contributed by atoms with Gasteiger partial charge in [0.1, 0.15) is 5.52 Å². The second-order valence-electron chi connectivity index (χ2n) is 4.06. The third kappa shape index (κ3) is 2.05. The highest BCUT2D eigenvalue weighted by molar-refractivity contribution is 6.00. The van der Waals surface area contributed by atoms with Crippen molar-refractivity contribution in [1.29, 1.82) is 0 Å². The number of carboxylic acid groups (broad SMARTS) is 1. The Morgan fingerprint density at radius 3 is 2.89 bits per heavy atom. The van der Waals surface area contributed by atoms with Crippen molar-refractivity contribution < 1.29 is 9.90 Å². The third-order valence-electron chi connectivity index (χ3n) is 2.88. The van der Waals surface area contributed by atoms with E-state index in [2.05, 4.69) is 15.4 Å². The van der Waals surface area contributed by atoms with Crippen LogP contribution in [0.3, 0.4) is 0 Å². The minimum absolute atomic E-state index is 0.169. The van der Waals surface area contributed by atoms with Gasteiger partial charge in [-0.05, 0) is 18.2 Å². The minimum Gasteiger partial charge on any atom is -0.478 e. The Labute approximate surface area is 108 Å². The highest BCUT2D eigenvalue weighted by Gasteiger charge is 2.13. The van der Waals surface area contributed by atoms with E-state index in [-0.39, 0.29) is 5.56 Å². The number of fused-ring (bicyclic) bond motifs is 1. The predicted molar refractivity (Wildman–Crippen MR) is 66.7 cm³/mol. The molecular formula is C12H11N5O2. The first kappa shape index (κ1) is 11.4. The third-order valence-corrected chi connectivity index (χ3v) is 2.88. The fraction of sp³-hybridized carbons (Fsp3) is 0.167. The van der Waals surface area contributed by atoms with Gasteiger partial charge in [-0.15, -0.1) is 5.10 Å². The van der Waals surface area contributed by atoms with Gasteiger partial charge < -0.3 is 5.11 Å². The number of aryl methyl sites for hydroxylation is 2. The number of aromatic nitrogens is 5. The first-order valence-corrected chi connectivity index (χ1v) is 5.78. The summed E-state index contributed by atoms with van der Waals surface area (Å²) in [7, 11) is 0. The van der Waals surface area contributed by atoms with E-state index in [1.165, 1.54) is 6.07 Å². The van der Waals surface area contributed by atoms with Crippen LogP contribution >= 0.6 is 0 Å². The molecule has 0 aliphatic heterocycles. The Bertz CT molecular complexity index is 717. The number of rotatable bonds is 4. The molecule has 1 aromatic carbocycles. The van der Waals surface area contributed by atoms with Crippen LogP contribution in [0.4, 0.5) is 0 Å². The summed E-state index contributed by atoms with van der Waals surface area (Å²) in [5, 5.41) is 21.1. The summed E-state index contributed by atoms with van der Waals surface area (Å²) in [5.74, 6) is -0.996. The highest BCUT2D eigenvalue weighted by Crippen LogP contribution is 2.16. The van der Waals surface area contributed by atoms with Crippen LogP contribution < -0.4 is 0 Å². The van der Waals surface area contributed by atoms with Gasteiger partial charge in [-0.25, -0.2) is 9.48 Å². The van der Waals surface area contributed by atoms with Crippen LogP contribution in [-0.2, 0) is 13.1 Å². The number of nitrogens with zero attached hydrogens (tertiary/aromatic N) is 5. The maximum Gasteiger partial charge on any atom is 0.338 e. The summed E-state index contributed by atoms with van der Waals surface area (Å²) in [6.07, 6.45) is 3.57. The molecule has 2 heterocycles. The topological polar surface area (TPSA) is 85.8 Å². The lowest BCUT2D eigenvalue weighted by atomic mass is 10.2. The molecule has 19 heavy (non-hydrogen) atoms. The molecule has 96 valence electrons. The Balaban J connectivity index is 1.92. The zero-order chi connectivity index (χ0) is 13.2. The van der Waals surface area contributed by atoms with Gasteiger partial charge in [0, 0.05) is 12.4 Å². The molecule has 0 atom stereocenters. The number of carboxylic acids is 1. The van der Waals surface area contributed by atoms with Crippen LogP contribution in [0.2, 0.25) is 0 Å². The van der Waals surface area contributed by atoms with Crippen molar-refractivity contribution in [2.75, 3.05) is 0 Å². The van der Waals surface area contributed by atoms with Crippen LogP contribution in [0.5, 0.6) is 0 Å². The quantitative estimate of drug-likeness (QED) is 0.754. The minimum atomic E-state index is -0.996. The first-order valence-electron chi connectivity index (χ1n) is 5.78. The SMILES string of the molecule is O=C(O)c1cccc2c1nnn2CCn1cccn1. The smallest absolute Gasteiger partial charge is 0.338 e. The monoisotopic (exact) mass is 257 g/mol. The van der Waals surface area contributed by atoms with Crippen molar-refractivity contribution in [1.82, 2.24) is 24.8 Å². The van der Waals surface area contributed by atoms with Crippen molar-refractivity contribution in [3.05, 3.63) is 42.2 Å². The molecule has 0 saturated heterocycles. The fourth-order valence-corrected chi connectivity index (χ4v) is 1.96. The number of hydrogen-bond donors (Lipinski definition) is 1. The van der Waals surface area contributed by atoms with Gasteiger partial charge >= 0.3 is 5.97 Å². The molecule has 0 amide bonds. The van der Waals surface area contributed by atoms with E-state index in [1.54, 1.807) is 21.6 Å². The molecule has 0 saturated carbocycles. The van der Waals surface area contributed by atoms with Crippen molar-refractivity contribution in [2.45, 2.75) is 13.1 Å². The van der Waals surface area contributed by atoms with Crippen molar-refractivity contribution in [2.24, 2.45) is 0 Å². The normalized spacial score (nSPS) is 10.9. The van der Waals surface area contributed by atoms with Gasteiger partial charge in [-0.2, -0.15) is 5.10 Å². The average Bonchev–Trinajstić information content (AvgIpc) is 3.05. The van der Waals surface area contributed by atoms with Gasteiger partial charge in [0.15, 0.2) is 0 Å². The molecule has 0 unspecified atom stereocenters. The Morgan fingerprint density at radius 1 is 1.26 bits per heavy atom. The molecular weight excluding hydrogens is 246 g/mol. The summed E-state index contributed by atoms with van der Waals surface area (Å²) >= 11 is 0. The lowest BCUT2D eigenvalue weighted by Gasteiger charge is -2.03. The molecule has 3 rings (SSSR count). The van der Waals surface area contributed by atoms with E-state index in [0.717, 1.165) is 0 Å². The molecule has 7 heteroatoms. The first-order chi connectivity index (χ1) is 9.25. The van der Waals surface area contributed by atoms with Crippen molar-refractivity contribution >= 4 is 17.0 Å². The van der Waals surface area contributed by atoms with Crippen LogP contribution in [0.1, 0.15) is 10.4 Å². The Hall–Kier alpha value is -2.70. The van der Waals surface area contributed by atoms with E-state index in [9.17, 15) is 4.79 Å². The van der Waals surface area contributed by atoms with Crippen LogP contribution in [0, 0.1) is 0 Å². The van der Waals surface area contributed by atoms with Gasteiger partial charge in [-0.1, -0.05) is 11.3 Å². The molecule has 0 bridgehead atoms. The molecule has 0 aliphatic rings. The van der Waals surface area contributed by atoms with Gasteiger partial charge in [-0.3, -0.25) is 4.68 Å². The number of hydrogen-bond acceptors (Lipinski definition) is 4. The van der Waals surface area contributed by atoms with Gasteiger partial charge in [0.2, 0.25) is 0 Å². The van der Waals surface area contributed by atoms with E-state index in [1.807, 2.05) is 18.3 Å². The zero-order valence-electron chi connectivity index (χ0n) is 9.97. The summed E-state index contributed by atoms with van der Waals surface area (Å²) in [5.41, 5.74) is 1.30. The number of carbonyl (C=O) groups is 1. The standard InChI is InChI=1S/C12H11N5O2/c18-12(19)9-3-1-4-10-11(9)14-15-17(10)8-7-16-6-2-5-13-16/h1-6H,7-8H2,(H,18,19). The van der Waals surface area contributed by atoms with Gasteiger partial charge in [0.25, 0.3) is 0 Å². The maximum absolute atomic E-state index is 11.1. The highest BCUT2D eigenvalue weighted by atomic mass is 16.4. The molecule has 2 aromatic heterocycles. The summed E-state index contributed by atoms with van der Waals surface area (Å²) in [4.78, 5) is 11.1. The second-order valence-corrected chi connectivity index (χ2v) is 4.06. The average molecular weight is 257 g/mol. The second kappa shape index (κ2) is 4.52.